The van der Waals surface area contributed by atoms with Crippen LogP contribution in [-0.4, -0.2) is 34.0 Å². The summed E-state index contributed by atoms with van der Waals surface area (Å²) in [7, 11) is 0.176. The quantitative estimate of drug-likeness (QED) is 0.604. The van der Waals surface area contributed by atoms with Crippen molar-refractivity contribution in [2.24, 2.45) is 0 Å². The normalized spacial score (nSPS) is 11.9. The minimum absolute atomic E-state index is 0.121. The van der Waals surface area contributed by atoms with Crippen LogP contribution in [0.1, 0.15) is 5.56 Å². The predicted molar refractivity (Wildman–Crippen MR) is 113 cm³/mol. The highest BCUT2D eigenvalue weighted by Crippen LogP contribution is 2.29. The fourth-order valence-electron chi connectivity index (χ4n) is 2.78. The lowest BCUT2D eigenvalue weighted by Gasteiger charge is -2.14. The van der Waals surface area contributed by atoms with Gasteiger partial charge in [0.1, 0.15) is 0 Å². The number of nitrogens with zero attached hydrogens (tertiary/aromatic N) is 1. The molecule has 0 bridgehead atoms. The van der Waals surface area contributed by atoms with Gasteiger partial charge in [-0.2, -0.15) is 0 Å². The first-order valence-corrected chi connectivity index (χ1v) is 10.6. The number of halogens is 2. The van der Waals surface area contributed by atoms with Crippen molar-refractivity contribution in [3.8, 4) is 0 Å². The number of hydrogen-bond donors (Lipinski definition) is 1. The monoisotopic (exact) mass is 422 g/mol. The van der Waals surface area contributed by atoms with Crippen LogP contribution in [0.2, 0.25) is 10.0 Å². The number of sulfonamides is 1. The number of likely N-dealkylation sites (N-methyl/N-ethyl adjacent to an activating group) is 1. The molecule has 4 nitrogen and oxygen atoms in total. The van der Waals surface area contributed by atoms with Gasteiger partial charge < -0.3 is 4.90 Å². The summed E-state index contributed by atoms with van der Waals surface area (Å²) in [6.45, 7) is 0.816. The van der Waals surface area contributed by atoms with E-state index in [1.54, 1.807) is 24.3 Å². The third-order valence-electron chi connectivity index (χ3n) is 4.22. The molecule has 0 aliphatic rings. The second-order valence-electron chi connectivity index (χ2n) is 6.59. The molecular weight excluding hydrogens is 403 g/mol. The van der Waals surface area contributed by atoms with Crippen molar-refractivity contribution >= 4 is 49.7 Å². The summed E-state index contributed by atoms with van der Waals surface area (Å²) in [6.07, 6.45) is 0.725. The molecule has 1 N–H and O–H groups in total. The fourth-order valence-corrected chi connectivity index (χ4v) is 4.46. The molecule has 3 rings (SSSR count). The lowest BCUT2D eigenvalue weighted by Crippen LogP contribution is -2.16. The molecule has 0 fully saturated rings. The number of benzene rings is 3. The standard InChI is InChI=1S/C20H20Cl2N2O2S/c1-24(2)10-9-15-11-16(7-8-19(15)21)23-27(25,26)17-12-14-5-3-4-6-18(14)20(22)13-17/h3-8,11-13,23H,9-10H2,1-2H3. The van der Waals surface area contributed by atoms with Crippen LogP contribution in [0.4, 0.5) is 5.69 Å². The van der Waals surface area contributed by atoms with Crippen molar-refractivity contribution in [2.75, 3.05) is 25.4 Å². The Morgan fingerprint density at radius 1 is 0.963 bits per heavy atom. The van der Waals surface area contributed by atoms with E-state index < -0.39 is 10.0 Å². The topological polar surface area (TPSA) is 49.4 Å². The molecule has 27 heavy (non-hydrogen) atoms. The summed E-state index contributed by atoms with van der Waals surface area (Å²) in [6, 6.07) is 15.6. The zero-order valence-corrected chi connectivity index (χ0v) is 17.4. The van der Waals surface area contributed by atoms with Gasteiger partial charge in [0, 0.05) is 27.7 Å². The van der Waals surface area contributed by atoms with E-state index in [1.807, 2.05) is 43.3 Å². The Bertz CT molecular complexity index is 1080. The molecule has 0 heterocycles. The van der Waals surface area contributed by atoms with Gasteiger partial charge in [-0.15, -0.1) is 0 Å². The third kappa shape index (κ3) is 4.74. The first-order valence-electron chi connectivity index (χ1n) is 8.40. The van der Waals surface area contributed by atoms with E-state index in [0.29, 0.717) is 15.7 Å². The second-order valence-corrected chi connectivity index (χ2v) is 9.09. The van der Waals surface area contributed by atoms with Crippen LogP contribution >= 0.6 is 23.2 Å². The molecule has 0 amide bonds. The minimum Gasteiger partial charge on any atom is -0.309 e. The lowest BCUT2D eigenvalue weighted by molar-refractivity contribution is 0.414. The van der Waals surface area contributed by atoms with Gasteiger partial charge in [0.25, 0.3) is 10.0 Å². The van der Waals surface area contributed by atoms with E-state index in [9.17, 15) is 8.42 Å². The maximum Gasteiger partial charge on any atom is 0.261 e. The van der Waals surface area contributed by atoms with Gasteiger partial charge in [0.05, 0.1) is 4.90 Å². The average molecular weight is 423 g/mol. The number of fused-ring (bicyclic) bond motifs is 1. The summed E-state index contributed by atoms with van der Waals surface area (Å²) >= 11 is 12.5. The Hall–Kier alpha value is -1.79. The van der Waals surface area contributed by atoms with Crippen LogP contribution in [0.15, 0.2) is 59.5 Å². The molecule has 3 aromatic rings. The van der Waals surface area contributed by atoms with Crippen LogP contribution in [0.5, 0.6) is 0 Å². The maximum absolute atomic E-state index is 12.8. The van der Waals surface area contributed by atoms with Crippen LogP contribution in [-0.2, 0) is 16.4 Å². The molecule has 3 aromatic carbocycles. The highest BCUT2D eigenvalue weighted by molar-refractivity contribution is 7.92. The Morgan fingerprint density at radius 3 is 2.44 bits per heavy atom. The molecule has 0 spiro atoms. The molecule has 0 aliphatic heterocycles. The van der Waals surface area contributed by atoms with E-state index in [0.717, 1.165) is 29.3 Å². The molecule has 142 valence electrons. The molecule has 0 saturated heterocycles. The Labute approximate surface area is 169 Å². The highest BCUT2D eigenvalue weighted by atomic mass is 35.5. The fraction of sp³-hybridized carbons (Fsp3) is 0.200. The molecule has 7 heteroatoms. The summed E-state index contributed by atoms with van der Waals surface area (Å²) in [5, 5.41) is 2.61. The Morgan fingerprint density at radius 2 is 1.70 bits per heavy atom. The van der Waals surface area contributed by atoms with E-state index in [4.69, 9.17) is 23.2 Å². The molecular formula is C20H20Cl2N2O2S. The van der Waals surface area contributed by atoms with Crippen molar-refractivity contribution in [2.45, 2.75) is 11.3 Å². The smallest absolute Gasteiger partial charge is 0.261 e. The van der Waals surface area contributed by atoms with Crippen molar-refractivity contribution in [1.82, 2.24) is 4.90 Å². The number of rotatable bonds is 6. The van der Waals surface area contributed by atoms with Gasteiger partial charge in [-0.05, 0) is 61.8 Å². The van der Waals surface area contributed by atoms with E-state index >= 15 is 0 Å². The van der Waals surface area contributed by atoms with Crippen molar-refractivity contribution in [3.63, 3.8) is 0 Å². The molecule has 0 aliphatic carbocycles. The largest absolute Gasteiger partial charge is 0.309 e. The Balaban J connectivity index is 1.92. The molecule has 0 radical (unpaired) electrons. The molecule has 0 atom stereocenters. The molecule has 0 aromatic heterocycles. The second kappa shape index (κ2) is 8.07. The minimum atomic E-state index is -3.78. The average Bonchev–Trinajstić information content (AvgIpc) is 2.62. The summed E-state index contributed by atoms with van der Waals surface area (Å²) in [5.41, 5.74) is 1.36. The van der Waals surface area contributed by atoms with Gasteiger partial charge in [0.2, 0.25) is 0 Å². The van der Waals surface area contributed by atoms with Crippen molar-refractivity contribution in [1.29, 1.82) is 0 Å². The molecule has 0 saturated carbocycles. The van der Waals surface area contributed by atoms with Crippen molar-refractivity contribution < 1.29 is 8.42 Å². The van der Waals surface area contributed by atoms with E-state index in [1.165, 1.54) is 6.07 Å². The molecule has 0 unspecified atom stereocenters. The van der Waals surface area contributed by atoms with E-state index in [-0.39, 0.29) is 4.90 Å². The zero-order chi connectivity index (χ0) is 19.6. The zero-order valence-electron chi connectivity index (χ0n) is 15.0. The van der Waals surface area contributed by atoms with Gasteiger partial charge in [-0.25, -0.2) is 8.42 Å². The highest BCUT2D eigenvalue weighted by Gasteiger charge is 2.17. The Kier molecular flexibility index (Phi) is 5.96. The number of anilines is 1. The van der Waals surface area contributed by atoms with Crippen LogP contribution < -0.4 is 4.72 Å². The predicted octanol–water partition coefficient (Wildman–Crippen LogP) is 5.05. The maximum atomic E-state index is 12.8. The number of nitrogens with one attached hydrogen (secondary N) is 1. The van der Waals surface area contributed by atoms with Crippen LogP contribution in [0.3, 0.4) is 0 Å². The van der Waals surface area contributed by atoms with E-state index in [2.05, 4.69) is 4.72 Å². The van der Waals surface area contributed by atoms with Crippen molar-refractivity contribution in [3.05, 3.63) is 70.2 Å². The number of hydrogen-bond acceptors (Lipinski definition) is 3. The summed E-state index contributed by atoms with van der Waals surface area (Å²) < 4.78 is 28.3. The lowest BCUT2D eigenvalue weighted by atomic mass is 10.1. The van der Waals surface area contributed by atoms with Gasteiger partial charge in [-0.3, -0.25) is 4.72 Å². The van der Waals surface area contributed by atoms with Gasteiger partial charge in [-0.1, -0.05) is 47.5 Å². The van der Waals surface area contributed by atoms with Crippen LogP contribution in [0, 0.1) is 0 Å². The third-order valence-corrected chi connectivity index (χ3v) is 6.26. The van der Waals surface area contributed by atoms with Crippen LogP contribution in [0.25, 0.3) is 10.8 Å². The SMILES string of the molecule is CN(C)CCc1cc(NS(=O)(=O)c2cc(Cl)c3ccccc3c2)ccc1Cl. The first kappa shape index (κ1) is 20.0. The van der Waals surface area contributed by atoms with Gasteiger partial charge in [0.15, 0.2) is 0 Å². The first-order chi connectivity index (χ1) is 12.8. The summed E-state index contributed by atoms with van der Waals surface area (Å²) in [4.78, 5) is 2.17. The summed E-state index contributed by atoms with van der Waals surface area (Å²) in [5.74, 6) is 0. The van der Waals surface area contributed by atoms with Gasteiger partial charge >= 0.3 is 0 Å².